The Balaban J connectivity index is 2.24. The minimum absolute atomic E-state index is 0.177. The Morgan fingerprint density at radius 1 is 1.28 bits per heavy atom. The molecule has 0 saturated heterocycles. The van der Waals surface area contributed by atoms with Crippen LogP contribution in [-0.4, -0.2) is 0 Å². The fourth-order valence-corrected chi connectivity index (χ4v) is 5.03. The van der Waals surface area contributed by atoms with Crippen LogP contribution >= 0.6 is 0 Å². The molecule has 0 bridgehead atoms. The lowest BCUT2D eigenvalue weighted by molar-refractivity contribution is 0.0167. The Morgan fingerprint density at radius 3 is 2.56 bits per heavy atom. The second kappa shape index (κ2) is 4.55. The highest BCUT2D eigenvalue weighted by Gasteiger charge is 2.53. The molecule has 0 aromatic carbocycles. The molecule has 2 aliphatic rings. The predicted molar refractivity (Wildman–Crippen MR) is 75.9 cm³/mol. The maximum absolute atomic E-state index is 9.41. The van der Waals surface area contributed by atoms with Crippen LogP contribution in [0.2, 0.25) is 0 Å². The van der Waals surface area contributed by atoms with E-state index in [1.54, 1.807) is 0 Å². The van der Waals surface area contributed by atoms with Gasteiger partial charge in [-0.3, -0.25) is 0 Å². The van der Waals surface area contributed by atoms with Crippen LogP contribution in [0.5, 0.6) is 0 Å². The summed E-state index contributed by atoms with van der Waals surface area (Å²) in [6, 6.07) is 2.54. The Morgan fingerprint density at radius 2 is 1.94 bits per heavy atom. The van der Waals surface area contributed by atoms with Crippen molar-refractivity contribution in [1.82, 2.24) is 0 Å². The Labute approximate surface area is 113 Å². The predicted octanol–water partition coefficient (Wildman–Crippen LogP) is 5.02. The zero-order valence-corrected chi connectivity index (χ0v) is 12.8. The van der Waals surface area contributed by atoms with Crippen LogP contribution in [0.4, 0.5) is 0 Å². The Kier molecular flexibility index (Phi) is 3.52. The SMILES string of the molecule is C[C@H](C1CCC2[C@@H](C)CCC[C@]12C)C(C)(C)C#N. The summed E-state index contributed by atoms with van der Waals surface area (Å²) in [4.78, 5) is 0. The maximum Gasteiger partial charge on any atom is 0.0686 e. The molecule has 0 N–H and O–H groups in total. The molecule has 1 heteroatoms. The van der Waals surface area contributed by atoms with Crippen molar-refractivity contribution in [3.05, 3.63) is 0 Å². The zero-order chi connectivity index (χ0) is 13.6. The Bertz CT molecular complexity index is 351. The first kappa shape index (κ1) is 13.9. The number of fused-ring (bicyclic) bond motifs is 1. The zero-order valence-electron chi connectivity index (χ0n) is 12.8. The molecule has 2 fully saturated rings. The fourth-order valence-electron chi connectivity index (χ4n) is 5.03. The summed E-state index contributed by atoms with van der Waals surface area (Å²) >= 11 is 0. The molecule has 0 aromatic rings. The van der Waals surface area contributed by atoms with E-state index in [0.717, 1.165) is 17.8 Å². The maximum atomic E-state index is 9.41. The van der Waals surface area contributed by atoms with Gasteiger partial charge in [0, 0.05) is 0 Å². The Hall–Kier alpha value is -0.510. The van der Waals surface area contributed by atoms with Crippen molar-refractivity contribution in [2.24, 2.45) is 34.5 Å². The van der Waals surface area contributed by atoms with Crippen LogP contribution in [0.1, 0.15) is 66.7 Å². The van der Waals surface area contributed by atoms with Crippen molar-refractivity contribution < 1.29 is 0 Å². The van der Waals surface area contributed by atoms with Crippen molar-refractivity contribution >= 4 is 0 Å². The number of rotatable bonds is 2. The summed E-state index contributed by atoms with van der Waals surface area (Å²) in [6.07, 6.45) is 6.94. The van der Waals surface area contributed by atoms with Crippen molar-refractivity contribution in [3.8, 4) is 6.07 Å². The fraction of sp³-hybridized carbons (Fsp3) is 0.941. The van der Waals surface area contributed by atoms with Gasteiger partial charge in [0.05, 0.1) is 11.5 Å². The minimum Gasteiger partial charge on any atom is -0.198 e. The smallest absolute Gasteiger partial charge is 0.0686 e. The van der Waals surface area contributed by atoms with Crippen LogP contribution in [-0.2, 0) is 0 Å². The molecule has 0 heterocycles. The first-order valence-electron chi connectivity index (χ1n) is 7.74. The second-order valence-corrected chi connectivity index (χ2v) is 7.79. The minimum atomic E-state index is -0.177. The van der Waals surface area contributed by atoms with Gasteiger partial charge in [0.25, 0.3) is 0 Å². The largest absolute Gasteiger partial charge is 0.198 e. The highest BCUT2D eigenvalue weighted by Crippen LogP contribution is 2.61. The molecule has 2 rings (SSSR count). The molecule has 0 aromatic heterocycles. The van der Waals surface area contributed by atoms with Gasteiger partial charge < -0.3 is 0 Å². The van der Waals surface area contributed by atoms with Crippen LogP contribution in [0, 0.1) is 45.8 Å². The van der Waals surface area contributed by atoms with Gasteiger partial charge >= 0.3 is 0 Å². The molecule has 0 amide bonds. The number of hydrogen-bond donors (Lipinski definition) is 0. The monoisotopic (exact) mass is 247 g/mol. The summed E-state index contributed by atoms with van der Waals surface area (Å²) in [5, 5.41) is 9.41. The van der Waals surface area contributed by atoms with Gasteiger partial charge in [-0.05, 0) is 62.2 Å². The van der Waals surface area contributed by atoms with Gasteiger partial charge in [0.15, 0.2) is 0 Å². The van der Waals surface area contributed by atoms with Crippen molar-refractivity contribution in [2.45, 2.75) is 66.7 Å². The highest BCUT2D eigenvalue weighted by molar-refractivity contribution is 5.06. The molecule has 0 radical (unpaired) electrons. The van der Waals surface area contributed by atoms with Gasteiger partial charge in [-0.2, -0.15) is 5.26 Å². The lowest BCUT2D eigenvalue weighted by Crippen LogP contribution is -2.41. The van der Waals surface area contributed by atoms with Crippen molar-refractivity contribution in [1.29, 1.82) is 5.26 Å². The first-order chi connectivity index (χ1) is 8.33. The molecule has 2 saturated carbocycles. The summed E-state index contributed by atoms with van der Waals surface area (Å²) in [7, 11) is 0. The van der Waals surface area contributed by atoms with Gasteiger partial charge in [-0.1, -0.05) is 33.6 Å². The first-order valence-corrected chi connectivity index (χ1v) is 7.74. The van der Waals surface area contributed by atoms with E-state index < -0.39 is 0 Å². The quantitative estimate of drug-likeness (QED) is 0.671. The van der Waals surface area contributed by atoms with Gasteiger partial charge in [0.1, 0.15) is 0 Å². The third-order valence-corrected chi connectivity index (χ3v) is 6.57. The molecule has 2 aliphatic carbocycles. The van der Waals surface area contributed by atoms with E-state index in [4.69, 9.17) is 0 Å². The van der Waals surface area contributed by atoms with Crippen LogP contribution in [0.15, 0.2) is 0 Å². The van der Waals surface area contributed by atoms with E-state index in [9.17, 15) is 5.26 Å². The standard InChI is InChI=1S/C17H29N/c1-12-7-6-10-17(5)14(12)8-9-15(17)13(2)16(3,4)11-18/h12-15H,6-10H2,1-5H3/t12-,13+,14?,15?,17-/m0/s1. The molecule has 2 unspecified atom stereocenters. The third-order valence-electron chi connectivity index (χ3n) is 6.57. The van der Waals surface area contributed by atoms with E-state index in [-0.39, 0.29) is 5.41 Å². The summed E-state index contributed by atoms with van der Waals surface area (Å²) in [6.45, 7) is 11.5. The van der Waals surface area contributed by atoms with Crippen molar-refractivity contribution in [3.63, 3.8) is 0 Å². The van der Waals surface area contributed by atoms with Gasteiger partial charge in [0.2, 0.25) is 0 Å². The van der Waals surface area contributed by atoms with E-state index in [2.05, 4.69) is 40.7 Å². The van der Waals surface area contributed by atoms with Crippen molar-refractivity contribution in [2.75, 3.05) is 0 Å². The number of nitriles is 1. The molecular formula is C17H29N. The lowest BCUT2D eigenvalue weighted by atomic mass is 9.57. The van der Waals surface area contributed by atoms with Crippen LogP contribution in [0.3, 0.4) is 0 Å². The molecule has 0 spiro atoms. The highest BCUT2D eigenvalue weighted by atomic mass is 14.6. The molecule has 1 nitrogen and oxygen atoms in total. The molecular weight excluding hydrogens is 218 g/mol. The molecule has 0 aliphatic heterocycles. The van der Waals surface area contributed by atoms with E-state index >= 15 is 0 Å². The van der Waals surface area contributed by atoms with Gasteiger partial charge in [-0.25, -0.2) is 0 Å². The molecule has 102 valence electrons. The van der Waals surface area contributed by atoms with E-state index in [0.29, 0.717) is 11.3 Å². The summed E-state index contributed by atoms with van der Waals surface area (Å²) < 4.78 is 0. The van der Waals surface area contributed by atoms with Crippen LogP contribution in [0.25, 0.3) is 0 Å². The third kappa shape index (κ3) is 1.98. The lowest BCUT2D eigenvalue weighted by Gasteiger charge is -2.47. The summed E-state index contributed by atoms with van der Waals surface area (Å²) in [5.41, 5.74) is 0.328. The van der Waals surface area contributed by atoms with Crippen LogP contribution < -0.4 is 0 Å². The topological polar surface area (TPSA) is 23.8 Å². The van der Waals surface area contributed by atoms with E-state index in [1.807, 2.05) is 0 Å². The average Bonchev–Trinajstić information content (AvgIpc) is 2.66. The van der Waals surface area contributed by atoms with E-state index in [1.165, 1.54) is 32.1 Å². The second-order valence-electron chi connectivity index (χ2n) is 7.79. The average molecular weight is 247 g/mol. The molecule has 18 heavy (non-hydrogen) atoms. The summed E-state index contributed by atoms with van der Waals surface area (Å²) in [5.74, 6) is 3.07. The number of nitrogens with zero attached hydrogens (tertiary/aromatic N) is 1. The normalized spacial score (nSPS) is 42.1. The van der Waals surface area contributed by atoms with Gasteiger partial charge in [-0.15, -0.1) is 0 Å². The number of hydrogen-bond acceptors (Lipinski definition) is 1. The molecule has 5 atom stereocenters.